The number of rotatable bonds is 6. The van der Waals surface area contributed by atoms with E-state index in [1.807, 2.05) is 30.9 Å². The van der Waals surface area contributed by atoms with Crippen molar-refractivity contribution in [2.24, 2.45) is 0 Å². The number of benzene rings is 1. The van der Waals surface area contributed by atoms with Crippen LogP contribution in [-0.2, 0) is 9.59 Å². The van der Waals surface area contributed by atoms with Gasteiger partial charge < -0.3 is 15.0 Å². The van der Waals surface area contributed by atoms with Gasteiger partial charge in [0.25, 0.3) is 0 Å². The number of piperidine rings is 1. The topological polar surface area (TPSA) is 58.6 Å². The molecule has 1 aliphatic rings. The molecule has 0 saturated carbocycles. The van der Waals surface area contributed by atoms with E-state index in [0.29, 0.717) is 5.69 Å². The highest BCUT2D eigenvalue weighted by atomic mass is 16.5. The third-order valence-corrected chi connectivity index (χ3v) is 4.24. The van der Waals surface area contributed by atoms with E-state index in [-0.39, 0.29) is 30.4 Å². The zero-order valence-corrected chi connectivity index (χ0v) is 14.9. The Balaban J connectivity index is 1.87. The maximum Gasteiger partial charge on any atom is 0.233 e. The summed E-state index contributed by atoms with van der Waals surface area (Å²) in [6, 6.07) is 7.49. The van der Waals surface area contributed by atoms with Crippen molar-refractivity contribution in [2.45, 2.75) is 65.0 Å². The molecular formula is C19H28N2O3. The maximum atomic E-state index is 12.4. The van der Waals surface area contributed by atoms with Gasteiger partial charge in [0.2, 0.25) is 11.8 Å². The minimum Gasteiger partial charge on any atom is -0.491 e. The molecule has 132 valence electrons. The van der Waals surface area contributed by atoms with Crippen molar-refractivity contribution in [1.82, 2.24) is 4.90 Å². The van der Waals surface area contributed by atoms with Crippen molar-refractivity contribution in [1.29, 1.82) is 0 Å². The number of ether oxygens (including phenoxy) is 1. The first kappa shape index (κ1) is 18.3. The van der Waals surface area contributed by atoms with Crippen LogP contribution in [0.4, 0.5) is 5.69 Å². The lowest BCUT2D eigenvalue weighted by Crippen LogP contribution is -2.44. The molecule has 1 saturated heterocycles. The number of carbonyl (C=O) groups is 2. The van der Waals surface area contributed by atoms with Crippen LogP contribution >= 0.6 is 0 Å². The largest absolute Gasteiger partial charge is 0.491 e. The Labute approximate surface area is 144 Å². The van der Waals surface area contributed by atoms with Gasteiger partial charge in [-0.1, -0.05) is 6.92 Å². The summed E-state index contributed by atoms with van der Waals surface area (Å²) in [6.07, 6.45) is 4.20. The molecule has 5 heteroatoms. The lowest BCUT2D eigenvalue weighted by Gasteiger charge is -2.35. The number of amides is 2. The van der Waals surface area contributed by atoms with E-state index < -0.39 is 0 Å². The minimum atomic E-state index is -0.266. The summed E-state index contributed by atoms with van der Waals surface area (Å²) < 4.78 is 5.57. The molecule has 1 aliphatic heterocycles. The minimum absolute atomic E-state index is 0.0705. The maximum absolute atomic E-state index is 12.4. The Bertz CT molecular complexity index is 554. The molecule has 2 amide bonds. The number of nitrogens with one attached hydrogen (secondary N) is 1. The number of nitrogens with zero attached hydrogens (tertiary/aromatic N) is 1. The molecule has 1 aromatic rings. The number of carbonyl (C=O) groups excluding carboxylic acids is 2. The van der Waals surface area contributed by atoms with E-state index in [4.69, 9.17) is 4.74 Å². The van der Waals surface area contributed by atoms with Crippen molar-refractivity contribution < 1.29 is 14.3 Å². The first-order valence-corrected chi connectivity index (χ1v) is 8.85. The Morgan fingerprint density at radius 1 is 1.25 bits per heavy atom. The lowest BCUT2D eigenvalue weighted by atomic mass is 9.99. The normalized spacial score (nSPS) is 17.7. The average Bonchev–Trinajstić information content (AvgIpc) is 2.56. The van der Waals surface area contributed by atoms with E-state index in [9.17, 15) is 9.59 Å². The molecule has 1 fully saturated rings. The van der Waals surface area contributed by atoms with Crippen molar-refractivity contribution in [3.63, 3.8) is 0 Å². The molecular weight excluding hydrogens is 304 g/mol. The van der Waals surface area contributed by atoms with Crippen molar-refractivity contribution in [3.8, 4) is 5.75 Å². The van der Waals surface area contributed by atoms with Gasteiger partial charge in [0.1, 0.15) is 12.2 Å². The SMILES string of the molecule is CCC1CCCCN1C(=O)CC(=O)Nc1ccc(OC(C)C)cc1. The highest BCUT2D eigenvalue weighted by Crippen LogP contribution is 2.21. The van der Waals surface area contributed by atoms with Gasteiger partial charge in [-0.3, -0.25) is 9.59 Å². The van der Waals surface area contributed by atoms with E-state index in [0.717, 1.165) is 31.6 Å². The van der Waals surface area contributed by atoms with Gasteiger partial charge in [-0.15, -0.1) is 0 Å². The summed E-state index contributed by atoms with van der Waals surface area (Å²) in [7, 11) is 0. The van der Waals surface area contributed by atoms with Gasteiger partial charge in [0.05, 0.1) is 6.10 Å². The average molecular weight is 332 g/mol. The van der Waals surface area contributed by atoms with Gasteiger partial charge in [0.15, 0.2) is 0 Å². The lowest BCUT2D eigenvalue weighted by molar-refractivity contribution is -0.137. The fraction of sp³-hybridized carbons (Fsp3) is 0.579. The molecule has 1 heterocycles. The zero-order valence-electron chi connectivity index (χ0n) is 14.9. The summed E-state index contributed by atoms with van der Waals surface area (Å²) in [4.78, 5) is 26.4. The fourth-order valence-electron chi connectivity index (χ4n) is 3.09. The molecule has 1 N–H and O–H groups in total. The highest BCUT2D eigenvalue weighted by Gasteiger charge is 2.26. The molecule has 1 atom stereocenters. The quantitative estimate of drug-likeness (QED) is 0.810. The third kappa shape index (κ3) is 5.25. The Morgan fingerprint density at radius 3 is 2.58 bits per heavy atom. The number of hydrogen-bond donors (Lipinski definition) is 1. The molecule has 1 aromatic carbocycles. The van der Waals surface area contributed by atoms with Gasteiger partial charge >= 0.3 is 0 Å². The van der Waals surface area contributed by atoms with Crippen LogP contribution in [0.5, 0.6) is 5.75 Å². The first-order valence-electron chi connectivity index (χ1n) is 8.85. The second-order valence-electron chi connectivity index (χ2n) is 6.56. The van der Waals surface area contributed by atoms with E-state index >= 15 is 0 Å². The zero-order chi connectivity index (χ0) is 17.5. The summed E-state index contributed by atoms with van der Waals surface area (Å²) in [5.41, 5.74) is 0.676. The molecule has 0 spiro atoms. The predicted octanol–water partition coefficient (Wildman–Crippen LogP) is 3.59. The molecule has 1 unspecified atom stereocenters. The molecule has 0 aromatic heterocycles. The summed E-state index contributed by atoms with van der Waals surface area (Å²) >= 11 is 0. The first-order chi connectivity index (χ1) is 11.5. The van der Waals surface area contributed by atoms with Crippen molar-refractivity contribution >= 4 is 17.5 Å². The van der Waals surface area contributed by atoms with Crippen LogP contribution < -0.4 is 10.1 Å². The van der Waals surface area contributed by atoms with Crippen LogP contribution in [0.1, 0.15) is 52.9 Å². The van der Waals surface area contributed by atoms with Gasteiger partial charge in [-0.05, 0) is 63.8 Å². The summed E-state index contributed by atoms with van der Waals surface area (Å²) in [5, 5.41) is 2.78. The Kier molecular flexibility index (Phi) is 6.64. The number of hydrogen-bond acceptors (Lipinski definition) is 3. The fourth-order valence-corrected chi connectivity index (χ4v) is 3.09. The monoisotopic (exact) mass is 332 g/mol. The van der Waals surface area contributed by atoms with E-state index in [1.54, 1.807) is 12.1 Å². The summed E-state index contributed by atoms with van der Waals surface area (Å²) in [6.45, 7) is 6.79. The van der Waals surface area contributed by atoms with Gasteiger partial charge in [-0.2, -0.15) is 0 Å². The molecule has 0 radical (unpaired) electrons. The van der Waals surface area contributed by atoms with E-state index in [2.05, 4.69) is 12.2 Å². The molecule has 2 rings (SSSR count). The van der Waals surface area contributed by atoms with Gasteiger partial charge in [0, 0.05) is 18.3 Å². The van der Waals surface area contributed by atoms with Crippen molar-refractivity contribution in [2.75, 3.05) is 11.9 Å². The second-order valence-corrected chi connectivity index (χ2v) is 6.56. The second kappa shape index (κ2) is 8.71. The molecule has 0 bridgehead atoms. The van der Waals surface area contributed by atoms with Crippen LogP contribution in [0.25, 0.3) is 0 Å². The van der Waals surface area contributed by atoms with Crippen LogP contribution in [0.2, 0.25) is 0 Å². The summed E-state index contributed by atoms with van der Waals surface area (Å²) in [5.74, 6) is 0.426. The van der Waals surface area contributed by atoms with Crippen LogP contribution in [0.3, 0.4) is 0 Å². The predicted molar refractivity (Wildman–Crippen MR) is 95.1 cm³/mol. The Morgan fingerprint density at radius 2 is 1.96 bits per heavy atom. The van der Waals surface area contributed by atoms with Crippen LogP contribution in [-0.4, -0.2) is 35.4 Å². The number of likely N-dealkylation sites (tertiary alicyclic amines) is 1. The molecule has 0 aliphatic carbocycles. The van der Waals surface area contributed by atoms with Crippen LogP contribution in [0, 0.1) is 0 Å². The highest BCUT2D eigenvalue weighted by molar-refractivity contribution is 6.03. The van der Waals surface area contributed by atoms with Crippen molar-refractivity contribution in [3.05, 3.63) is 24.3 Å². The van der Waals surface area contributed by atoms with Gasteiger partial charge in [-0.25, -0.2) is 0 Å². The number of anilines is 1. The standard InChI is InChI=1S/C19H28N2O3/c1-4-16-7-5-6-12-21(16)19(23)13-18(22)20-15-8-10-17(11-9-15)24-14(2)3/h8-11,14,16H,4-7,12-13H2,1-3H3,(H,20,22). The van der Waals surface area contributed by atoms with E-state index in [1.165, 1.54) is 6.42 Å². The smallest absolute Gasteiger partial charge is 0.233 e. The van der Waals surface area contributed by atoms with Crippen LogP contribution in [0.15, 0.2) is 24.3 Å². The molecule has 5 nitrogen and oxygen atoms in total. The third-order valence-electron chi connectivity index (χ3n) is 4.24. The molecule has 24 heavy (non-hydrogen) atoms. The Hall–Kier alpha value is -2.04.